The van der Waals surface area contributed by atoms with E-state index in [1.54, 1.807) is 6.20 Å². The van der Waals surface area contributed by atoms with E-state index in [9.17, 15) is 9.90 Å². The highest BCUT2D eigenvalue weighted by molar-refractivity contribution is 5.85. The first kappa shape index (κ1) is 19.7. The monoisotopic (exact) mass is 381 g/mol. The Kier molecular flexibility index (Phi) is 6.89. The van der Waals surface area contributed by atoms with Gasteiger partial charge in [-0.1, -0.05) is 19.4 Å². The lowest BCUT2D eigenvalue weighted by atomic mass is 9.95. The number of carboxylic acid groups (broad SMARTS) is 1. The summed E-state index contributed by atoms with van der Waals surface area (Å²) in [5.41, 5.74) is 2.03. The molecule has 0 saturated heterocycles. The summed E-state index contributed by atoms with van der Waals surface area (Å²) in [5, 5.41) is 13.7. The van der Waals surface area contributed by atoms with Gasteiger partial charge in [-0.3, -0.25) is 4.79 Å². The second-order valence-corrected chi connectivity index (χ2v) is 6.89. The van der Waals surface area contributed by atoms with Crippen molar-refractivity contribution in [2.45, 2.75) is 32.6 Å². The fourth-order valence-electron chi connectivity index (χ4n) is 3.29. The number of anilines is 1. The fourth-order valence-corrected chi connectivity index (χ4v) is 3.29. The summed E-state index contributed by atoms with van der Waals surface area (Å²) in [6.07, 6.45) is 6.60. The molecule has 0 amide bonds. The van der Waals surface area contributed by atoms with Crippen molar-refractivity contribution in [1.82, 2.24) is 9.97 Å². The number of carboxylic acids is 1. The SMILES string of the molecule is CCCC(Cc1c[nH]c2ccc(OCCCNc3ccccn3)cc12)C(=O)O. The van der Waals surface area contributed by atoms with Gasteiger partial charge in [0.05, 0.1) is 12.5 Å². The summed E-state index contributed by atoms with van der Waals surface area (Å²) >= 11 is 0. The second-order valence-electron chi connectivity index (χ2n) is 6.89. The third-order valence-corrected chi connectivity index (χ3v) is 4.75. The van der Waals surface area contributed by atoms with Crippen LogP contribution in [0.15, 0.2) is 48.8 Å². The number of hydrogen-bond donors (Lipinski definition) is 3. The molecule has 0 aliphatic carbocycles. The van der Waals surface area contributed by atoms with E-state index in [1.807, 2.05) is 49.5 Å². The van der Waals surface area contributed by atoms with Crippen LogP contribution >= 0.6 is 0 Å². The van der Waals surface area contributed by atoms with Crippen molar-refractivity contribution in [3.05, 3.63) is 54.4 Å². The lowest BCUT2D eigenvalue weighted by Crippen LogP contribution is -2.16. The van der Waals surface area contributed by atoms with Crippen LogP contribution in [0.2, 0.25) is 0 Å². The van der Waals surface area contributed by atoms with Gasteiger partial charge in [0, 0.05) is 29.8 Å². The molecule has 0 spiro atoms. The highest BCUT2D eigenvalue weighted by Crippen LogP contribution is 2.27. The zero-order chi connectivity index (χ0) is 19.8. The third kappa shape index (κ3) is 5.25. The molecule has 0 aliphatic rings. The first-order chi connectivity index (χ1) is 13.7. The Hall–Kier alpha value is -3.02. The molecule has 1 aromatic carbocycles. The lowest BCUT2D eigenvalue weighted by Gasteiger charge is -2.11. The smallest absolute Gasteiger partial charge is 0.306 e. The summed E-state index contributed by atoms with van der Waals surface area (Å²) in [4.78, 5) is 18.9. The van der Waals surface area contributed by atoms with E-state index in [0.717, 1.165) is 47.4 Å². The summed E-state index contributed by atoms with van der Waals surface area (Å²) in [5.74, 6) is 0.574. The molecule has 0 radical (unpaired) electrons. The number of nitrogens with zero attached hydrogens (tertiary/aromatic N) is 1. The van der Waals surface area contributed by atoms with Gasteiger partial charge in [-0.2, -0.15) is 0 Å². The van der Waals surface area contributed by atoms with Crippen molar-refractivity contribution >= 4 is 22.7 Å². The highest BCUT2D eigenvalue weighted by Gasteiger charge is 2.19. The van der Waals surface area contributed by atoms with E-state index in [4.69, 9.17) is 4.74 Å². The van der Waals surface area contributed by atoms with Gasteiger partial charge in [-0.05, 0) is 55.2 Å². The number of benzene rings is 1. The highest BCUT2D eigenvalue weighted by atomic mass is 16.5. The molecule has 0 saturated carbocycles. The van der Waals surface area contributed by atoms with Crippen molar-refractivity contribution in [2.75, 3.05) is 18.5 Å². The number of rotatable bonds is 11. The van der Waals surface area contributed by atoms with Crippen molar-refractivity contribution in [3.63, 3.8) is 0 Å². The molecule has 0 bridgehead atoms. The molecule has 1 atom stereocenters. The fraction of sp³-hybridized carbons (Fsp3) is 0.364. The number of aromatic amines is 1. The quantitative estimate of drug-likeness (QED) is 0.426. The van der Waals surface area contributed by atoms with Gasteiger partial charge in [0.25, 0.3) is 0 Å². The number of pyridine rings is 1. The number of nitrogens with one attached hydrogen (secondary N) is 2. The Bertz CT molecular complexity index is 892. The minimum atomic E-state index is -0.732. The van der Waals surface area contributed by atoms with Crippen LogP contribution in [0, 0.1) is 5.92 Å². The molecule has 2 heterocycles. The largest absolute Gasteiger partial charge is 0.494 e. The number of H-pyrrole nitrogens is 1. The molecule has 0 aliphatic heterocycles. The van der Waals surface area contributed by atoms with Gasteiger partial charge in [0.2, 0.25) is 0 Å². The standard InChI is InChI=1S/C22H27N3O3/c1-2-6-16(22(26)27)13-17-15-25-20-9-8-18(14-19(17)20)28-12-5-11-24-21-7-3-4-10-23-21/h3-4,7-10,14-16,25H,2,5-6,11-13H2,1H3,(H,23,24)(H,26,27). The van der Waals surface area contributed by atoms with E-state index >= 15 is 0 Å². The van der Waals surface area contributed by atoms with E-state index in [0.29, 0.717) is 19.4 Å². The Morgan fingerprint density at radius 1 is 1.32 bits per heavy atom. The van der Waals surface area contributed by atoms with Gasteiger partial charge >= 0.3 is 5.97 Å². The van der Waals surface area contributed by atoms with Gasteiger partial charge in [-0.15, -0.1) is 0 Å². The summed E-state index contributed by atoms with van der Waals surface area (Å²) in [6.45, 7) is 3.39. The van der Waals surface area contributed by atoms with Crippen molar-refractivity contribution < 1.29 is 14.6 Å². The molecule has 148 valence electrons. The topological polar surface area (TPSA) is 87.2 Å². The maximum absolute atomic E-state index is 11.5. The lowest BCUT2D eigenvalue weighted by molar-refractivity contribution is -0.141. The number of aromatic nitrogens is 2. The van der Waals surface area contributed by atoms with E-state index in [2.05, 4.69) is 15.3 Å². The van der Waals surface area contributed by atoms with Crippen LogP contribution < -0.4 is 10.1 Å². The molecule has 3 rings (SSSR count). The molecule has 3 aromatic rings. The van der Waals surface area contributed by atoms with Crippen LogP contribution in [-0.4, -0.2) is 34.2 Å². The van der Waals surface area contributed by atoms with E-state index in [1.165, 1.54) is 0 Å². The number of fused-ring (bicyclic) bond motifs is 1. The number of hydrogen-bond acceptors (Lipinski definition) is 4. The Labute approximate surface area is 165 Å². The van der Waals surface area contributed by atoms with Crippen LogP contribution in [0.1, 0.15) is 31.7 Å². The van der Waals surface area contributed by atoms with Crippen molar-refractivity contribution in [2.24, 2.45) is 5.92 Å². The molecule has 0 fully saturated rings. The summed E-state index contributed by atoms with van der Waals surface area (Å²) in [7, 11) is 0. The van der Waals surface area contributed by atoms with Crippen LogP contribution in [0.25, 0.3) is 10.9 Å². The minimum absolute atomic E-state index is 0.355. The molecular weight excluding hydrogens is 354 g/mol. The average molecular weight is 381 g/mol. The maximum atomic E-state index is 11.5. The van der Waals surface area contributed by atoms with Gasteiger partial charge in [0.1, 0.15) is 11.6 Å². The molecule has 3 N–H and O–H groups in total. The molecule has 6 nitrogen and oxygen atoms in total. The molecule has 2 aromatic heterocycles. The van der Waals surface area contributed by atoms with E-state index < -0.39 is 5.97 Å². The zero-order valence-corrected chi connectivity index (χ0v) is 16.1. The Morgan fingerprint density at radius 2 is 2.21 bits per heavy atom. The first-order valence-corrected chi connectivity index (χ1v) is 9.78. The number of aliphatic carboxylic acids is 1. The predicted molar refractivity (Wildman–Crippen MR) is 111 cm³/mol. The molecular formula is C22H27N3O3. The summed E-state index contributed by atoms with van der Waals surface area (Å²) < 4.78 is 5.89. The van der Waals surface area contributed by atoms with Gasteiger partial charge in [-0.25, -0.2) is 4.98 Å². The van der Waals surface area contributed by atoms with Crippen molar-refractivity contribution in [1.29, 1.82) is 0 Å². The van der Waals surface area contributed by atoms with Gasteiger partial charge < -0.3 is 20.1 Å². The van der Waals surface area contributed by atoms with Crippen LogP contribution in [0.4, 0.5) is 5.82 Å². The van der Waals surface area contributed by atoms with Crippen LogP contribution in [0.3, 0.4) is 0 Å². The third-order valence-electron chi connectivity index (χ3n) is 4.75. The molecule has 28 heavy (non-hydrogen) atoms. The predicted octanol–water partition coefficient (Wildman–Crippen LogP) is 4.49. The number of ether oxygens (including phenoxy) is 1. The average Bonchev–Trinajstić information content (AvgIpc) is 3.10. The van der Waals surface area contributed by atoms with Gasteiger partial charge in [0.15, 0.2) is 0 Å². The van der Waals surface area contributed by atoms with Crippen molar-refractivity contribution in [3.8, 4) is 5.75 Å². The minimum Gasteiger partial charge on any atom is -0.494 e. The maximum Gasteiger partial charge on any atom is 0.306 e. The van der Waals surface area contributed by atoms with Crippen LogP contribution in [-0.2, 0) is 11.2 Å². The molecule has 1 unspecified atom stereocenters. The normalized spacial score (nSPS) is 12.0. The Morgan fingerprint density at radius 3 is 2.96 bits per heavy atom. The first-order valence-electron chi connectivity index (χ1n) is 9.78. The second kappa shape index (κ2) is 9.78. The Balaban J connectivity index is 1.56. The zero-order valence-electron chi connectivity index (χ0n) is 16.1. The van der Waals surface area contributed by atoms with E-state index in [-0.39, 0.29) is 5.92 Å². The van der Waals surface area contributed by atoms with Crippen LogP contribution in [0.5, 0.6) is 5.75 Å². The number of carbonyl (C=O) groups is 1. The molecule has 6 heteroatoms. The summed E-state index contributed by atoms with van der Waals surface area (Å²) in [6, 6.07) is 11.7.